The number of benzene rings is 1. The van der Waals surface area contributed by atoms with Gasteiger partial charge in [0.1, 0.15) is 5.82 Å². The standard InChI is InChI=1S/C22H30ClN5/c1-15-20(16-8-10-17(23)11-9-16)21-25-18(22(2,3)4)14-19(28(21)26-15)24-12-7-13-27(5)6/h8-11,14,24H,7,12-13H2,1-6H3. The molecule has 0 bridgehead atoms. The highest BCUT2D eigenvalue weighted by molar-refractivity contribution is 6.30. The highest BCUT2D eigenvalue weighted by atomic mass is 35.5. The largest absolute Gasteiger partial charge is 0.370 e. The lowest BCUT2D eigenvalue weighted by Gasteiger charge is -2.20. The summed E-state index contributed by atoms with van der Waals surface area (Å²) in [5.74, 6) is 0.983. The van der Waals surface area contributed by atoms with E-state index in [0.717, 1.165) is 58.5 Å². The highest BCUT2D eigenvalue weighted by Gasteiger charge is 2.22. The predicted octanol–water partition coefficient (Wildman–Crippen LogP) is 5.02. The average Bonchev–Trinajstić information content (AvgIpc) is 2.94. The van der Waals surface area contributed by atoms with Crippen molar-refractivity contribution in [2.24, 2.45) is 0 Å². The highest BCUT2D eigenvalue weighted by Crippen LogP contribution is 2.32. The first-order valence-corrected chi connectivity index (χ1v) is 10.1. The smallest absolute Gasteiger partial charge is 0.165 e. The van der Waals surface area contributed by atoms with Gasteiger partial charge >= 0.3 is 0 Å². The molecule has 2 aromatic heterocycles. The molecule has 0 unspecified atom stereocenters. The zero-order valence-electron chi connectivity index (χ0n) is 17.7. The van der Waals surface area contributed by atoms with E-state index in [0.29, 0.717) is 0 Å². The predicted molar refractivity (Wildman–Crippen MR) is 119 cm³/mol. The summed E-state index contributed by atoms with van der Waals surface area (Å²) < 4.78 is 1.93. The number of rotatable bonds is 6. The third kappa shape index (κ3) is 4.47. The summed E-state index contributed by atoms with van der Waals surface area (Å²) in [6, 6.07) is 10.0. The zero-order valence-corrected chi connectivity index (χ0v) is 18.4. The number of nitrogens with zero attached hydrogens (tertiary/aromatic N) is 4. The van der Waals surface area contributed by atoms with Crippen LogP contribution in [0.1, 0.15) is 38.6 Å². The second-order valence-corrected chi connectivity index (χ2v) is 9.00. The SMILES string of the molecule is Cc1nn2c(NCCCN(C)C)cc(C(C)(C)C)nc2c1-c1ccc(Cl)cc1. The van der Waals surface area contributed by atoms with Crippen LogP contribution in [-0.4, -0.2) is 46.7 Å². The van der Waals surface area contributed by atoms with Crippen LogP contribution in [-0.2, 0) is 5.41 Å². The minimum absolute atomic E-state index is 0.0583. The Morgan fingerprint density at radius 2 is 1.82 bits per heavy atom. The van der Waals surface area contributed by atoms with Crippen LogP contribution in [0.2, 0.25) is 5.02 Å². The molecule has 1 N–H and O–H groups in total. The monoisotopic (exact) mass is 399 g/mol. The van der Waals surface area contributed by atoms with Gasteiger partial charge in [-0.25, -0.2) is 4.98 Å². The Labute approximate surface area is 172 Å². The summed E-state index contributed by atoms with van der Waals surface area (Å²) >= 11 is 6.08. The van der Waals surface area contributed by atoms with Crippen molar-refractivity contribution in [3.8, 4) is 11.1 Å². The van der Waals surface area contributed by atoms with Crippen LogP contribution < -0.4 is 5.32 Å². The fourth-order valence-corrected chi connectivity index (χ4v) is 3.33. The minimum Gasteiger partial charge on any atom is -0.370 e. The number of halogens is 1. The summed E-state index contributed by atoms with van der Waals surface area (Å²) in [7, 11) is 4.19. The van der Waals surface area contributed by atoms with Crippen molar-refractivity contribution in [1.29, 1.82) is 0 Å². The Bertz CT molecular complexity index is 952. The van der Waals surface area contributed by atoms with Gasteiger partial charge in [-0.05, 0) is 51.7 Å². The molecule has 1 aromatic carbocycles. The van der Waals surface area contributed by atoms with Gasteiger partial charge in [0.25, 0.3) is 0 Å². The molecule has 0 radical (unpaired) electrons. The molecule has 0 aliphatic heterocycles. The molecule has 150 valence electrons. The number of anilines is 1. The van der Waals surface area contributed by atoms with E-state index in [4.69, 9.17) is 21.7 Å². The number of nitrogens with one attached hydrogen (secondary N) is 1. The Morgan fingerprint density at radius 1 is 1.14 bits per heavy atom. The number of fused-ring (bicyclic) bond motifs is 1. The molecule has 6 heteroatoms. The molecule has 28 heavy (non-hydrogen) atoms. The maximum absolute atomic E-state index is 6.08. The van der Waals surface area contributed by atoms with Crippen molar-refractivity contribution in [1.82, 2.24) is 19.5 Å². The fraction of sp³-hybridized carbons (Fsp3) is 0.455. The molecule has 3 aromatic rings. The van der Waals surface area contributed by atoms with E-state index >= 15 is 0 Å². The molecule has 0 spiro atoms. The molecular formula is C22H30ClN5. The normalized spacial score (nSPS) is 12.1. The van der Waals surface area contributed by atoms with Crippen molar-refractivity contribution < 1.29 is 0 Å². The van der Waals surface area contributed by atoms with Crippen molar-refractivity contribution >= 4 is 23.1 Å². The second-order valence-electron chi connectivity index (χ2n) is 8.56. The van der Waals surface area contributed by atoms with Crippen LogP contribution in [0.3, 0.4) is 0 Å². The lowest BCUT2D eigenvalue weighted by atomic mass is 9.92. The average molecular weight is 400 g/mol. The Morgan fingerprint density at radius 3 is 2.43 bits per heavy atom. The zero-order chi connectivity index (χ0) is 20.5. The van der Waals surface area contributed by atoms with Crippen LogP contribution in [0.5, 0.6) is 0 Å². The van der Waals surface area contributed by atoms with Gasteiger partial charge in [-0.1, -0.05) is 44.5 Å². The molecule has 2 heterocycles. The lowest BCUT2D eigenvalue weighted by Crippen LogP contribution is -2.19. The number of aromatic nitrogens is 3. The quantitative estimate of drug-likeness (QED) is 0.591. The van der Waals surface area contributed by atoms with E-state index in [1.807, 2.05) is 35.7 Å². The van der Waals surface area contributed by atoms with Gasteiger partial charge in [-0.2, -0.15) is 9.61 Å². The number of hydrogen-bond donors (Lipinski definition) is 1. The summed E-state index contributed by atoms with van der Waals surface area (Å²) in [6.45, 7) is 10.5. The number of aryl methyl sites for hydroxylation is 1. The summed E-state index contributed by atoms with van der Waals surface area (Å²) in [6.07, 6.45) is 1.06. The van der Waals surface area contributed by atoms with Gasteiger partial charge in [-0.3, -0.25) is 0 Å². The van der Waals surface area contributed by atoms with Gasteiger partial charge in [-0.15, -0.1) is 0 Å². The molecule has 0 aliphatic carbocycles. The van der Waals surface area contributed by atoms with E-state index < -0.39 is 0 Å². The number of hydrogen-bond acceptors (Lipinski definition) is 4. The molecule has 0 aliphatic rings. The van der Waals surface area contributed by atoms with E-state index in [-0.39, 0.29) is 5.41 Å². The summed E-state index contributed by atoms with van der Waals surface area (Å²) in [5.41, 5.74) is 4.95. The van der Waals surface area contributed by atoms with E-state index in [1.165, 1.54) is 0 Å². The first-order valence-electron chi connectivity index (χ1n) is 9.72. The Hall–Kier alpha value is -2.11. The van der Waals surface area contributed by atoms with Crippen LogP contribution in [0.15, 0.2) is 30.3 Å². The fourth-order valence-electron chi connectivity index (χ4n) is 3.20. The van der Waals surface area contributed by atoms with Crippen LogP contribution >= 0.6 is 11.6 Å². The van der Waals surface area contributed by atoms with E-state index in [2.05, 4.69) is 51.1 Å². The van der Waals surface area contributed by atoms with Crippen LogP contribution in [0.4, 0.5) is 5.82 Å². The van der Waals surface area contributed by atoms with Gasteiger partial charge in [0.05, 0.1) is 11.4 Å². The van der Waals surface area contributed by atoms with Gasteiger partial charge in [0.2, 0.25) is 0 Å². The van der Waals surface area contributed by atoms with Crippen molar-refractivity contribution in [2.45, 2.75) is 39.5 Å². The molecule has 0 amide bonds. The topological polar surface area (TPSA) is 45.5 Å². The molecule has 3 rings (SSSR count). The third-order valence-corrected chi connectivity index (χ3v) is 5.01. The molecule has 0 atom stereocenters. The Balaban J connectivity index is 2.09. The van der Waals surface area contributed by atoms with Crippen molar-refractivity contribution in [3.05, 3.63) is 46.7 Å². The summed E-state index contributed by atoms with van der Waals surface area (Å²) in [5, 5.41) is 9.09. The first kappa shape index (κ1) is 20.6. The van der Waals surface area contributed by atoms with Gasteiger partial charge < -0.3 is 10.2 Å². The van der Waals surface area contributed by atoms with Gasteiger partial charge in [0.15, 0.2) is 5.65 Å². The van der Waals surface area contributed by atoms with Crippen LogP contribution in [0, 0.1) is 6.92 Å². The van der Waals surface area contributed by atoms with E-state index in [1.54, 1.807) is 0 Å². The van der Waals surface area contributed by atoms with Gasteiger partial charge in [0, 0.05) is 28.6 Å². The minimum atomic E-state index is -0.0583. The van der Waals surface area contributed by atoms with E-state index in [9.17, 15) is 0 Å². The Kier molecular flexibility index (Phi) is 5.96. The lowest BCUT2D eigenvalue weighted by molar-refractivity contribution is 0.405. The van der Waals surface area contributed by atoms with Crippen LogP contribution in [0.25, 0.3) is 16.8 Å². The second kappa shape index (κ2) is 8.10. The van der Waals surface area contributed by atoms with Crippen molar-refractivity contribution in [3.63, 3.8) is 0 Å². The van der Waals surface area contributed by atoms with Crippen molar-refractivity contribution in [2.75, 3.05) is 32.5 Å². The molecule has 0 saturated heterocycles. The molecule has 0 saturated carbocycles. The molecular weight excluding hydrogens is 370 g/mol. The maximum Gasteiger partial charge on any atom is 0.165 e. The third-order valence-electron chi connectivity index (χ3n) is 4.75. The first-order chi connectivity index (χ1) is 13.2. The summed E-state index contributed by atoms with van der Waals surface area (Å²) in [4.78, 5) is 7.20. The molecule has 0 fully saturated rings. The molecule has 5 nitrogen and oxygen atoms in total. The maximum atomic E-state index is 6.08.